The zero-order valence-electron chi connectivity index (χ0n) is 12.4. The molecular weight excluding hydrogens is 238 g/mol. The summed E-state index contributed by atoms with van der Waals surface area (Å²) in [5.74, 6) is 2.54. The van der Waals surface area contributed by atoms with E-state index in [1.807, 2.05) is 19.9 Å². The number of hydrogen-bond acceptors (Lipinski definition) is 5. The van der Waals surface area contributed by atoms with E-state index >= 15 is 0 Å². The van der Waals surface area contributed by atoms with Crippen LogP contribution in [-0.2, 0) is 0 Å². The van der Waals surface area contributed by atoms with E-state index in [4.69, 9.17) is 5.73 Å². The molecule has 0 spiro atoms. The monoisotopic (exact) mass is 265 g/mol. The quantitative estimate of drug-likeness (QED) is 0.598. The van der Waals surface area contributed by atoms with E-state index in [1.54, 1.807) is 0 Å². The predicted molar refractivity (Wildman–Crippen MR) is 81.5 cm³/mol. The summed E-state index contributed by atoms with van der Waals surface area (Å²) in [6.07, 6.45) is 4.58. The summed E-state index contributed by atoms with van der Waals surface area (Å²) in [7, 11) is 0. The molecule has 0 radical (unpaired) electrons. The van der Waals surface area contributed by atoms with Gasteiger partial charge in [-0.15, -0.1) is 0 Å². The van der Waals surface area contributed by atoms with Gasteiger partial charge in [0.15, 0.2) is 0 Å². The van der Waals surface area contributed by atoms with Crippen LogP contribution < -0.4 is 16.4 Å². The lowest BCUT2D eigenvalue weighted by atomic mass is 10.2. The molecule has 0 aliphatic heterocycles. The first-order valence-electron chi connectivity index (χ1n) is 7.20. The number of aryl methyl sites for hydroxylation is 1. The van der Waals surface area contributed by atoms with Crippen LogP contribution in [0.25, 0.3) is 0 Å². The Hall–Kier alpha value is -1.36. The van der Waals surface area contributed by atoms with E-state index in [0.29, 0.717) is 0 Å². The van der Waals surface area contributed by atoms with Gasteiger partial charge in [0.25, 0.3) is 0 Å². The minimum absolute atomic E-state index is 0.210. The molecule has 1 atom stereocenters. The number of anilines is 2. The summed E-state index contributed by atoms with van der Waals surface area (Å²) in [6.45, 7) is 7.92. The number of nitrogens with one attached hydrogen (secondary N) is 2. The molecule has 19 heavy (non-hydrogen) atoms. The highest BCUT2D eigenvalue weighted by Gasteiger charge is 2.02. The first-order valence-corrected chi connectivity index (χ1v) is 7.20. The van der Waals surface area contributed by atoms with Gasteiger partial charge in [0.05, 0.1) is 0 Å². The molecule has 1 aromatic heterocycles. The van der Waals surface area contributed by atoms with E-state index in [1.165, 1.54) is 19.3 Å². The Morgan fingerprint density at radius 3 is 2.37 bits per heavy atom. The zero-order valence-corrected chi connectivity index (χ0v) is 12.4. The van der Waals surface area contributed by atoms with Crippen molar-refractivity contribution in [3.63, 3.8) is 0 Å². The highest BCUT2D eigenvalue weighted by Crippen LogP contribution is 2.11. The third kappa shape index (κ3) is 6.96. The third-order valence-electron chi connectivity index (χ3n) is 2.83. The molecule has 0 amide bonds. The Bertz CT molecular complexity index is 365. The van der Waals surface area contributed by atoms with Crippen LogP contribution in [0.4, 0.5) is 11.6 Å². The molecule has 0 saturated carbocycles. The maximum Gasteiger partial charge on any atom is 0.131 e. The van der Waals surface area contributed by atoms with Crippen LogP contribution >= 0.6 is 0 Å². The van der Waals surface area contributed by atoms with Crippen molar-refractivity contribution in [3.8, 4) is 0 Å². The molecule has 1 rings (SSSR count). The van der Waals surface area contributed by atoms with Gasteiger partial charge < -0.3 is 16.4 Å². The summed E-state index contributed by atoms with van der Waals surface area (Å²) < 4.78 is 0. The smallest absolute Gasteiger partial charge is 0.131 e. The normalized spacial score (nSPS) is 12.2. The molecule has 1 heterocycles. The molecule has 0 aliphatic carbocycles. The van der Waals surface area contributed by atoms with Crippen LogP contribution in [0.3, 0.4) is 0 Å². The van der Waals surface area contributed by atoms with Crippen molar-refractivity contribution in [2.45, 2.75) is 52.5 Å². The van der Waals surface area contributed by atoms with Gasteiger partial charge in [-0.05, 0) is 26.7 Å². The van der Waals surface area contributed by atoms with Gasteiger partial charge in [0, 0.05) is 25.2 Å². The number of rotatable bonds is 9. The Labute approximate surface area is 116 Å². The SMILES string of the molecule is CCCCCNc1cc(NCCC(C)N)nc(C)n1. The molecule has 108 valence electrons. The molecule has 0 aromatic carbocycles. The highest BCUT2D eigenvalue weighted by molar-refractivity contribution is 5.47. The van der Waals surface area contributed by atoms with Crippen molar-refractivity contribution in [1.82, 2.24) is 9.97 Å². The van der Waals surface area contributed by atoms with Crippen LogP contribution in [0.15, 0.2) is 6.07 Å². The van der Waals surface area contributed by atoms with Crippen LogP contribution in [0, 0.1) is 6.92 Å². The molecule has 1 unspecified atom stereocenters. The summed E-state index contributed by atoms with van der Waals surface area (Å²) >= 11 is 0. The van der Waals surface area contributed by atoms with Gasteiger partial charge in [-0.2, -0.15) is 0 Å². The standard InChI is InChI=1S/C14H27N5/c1-4-5-6-8-16-13-10-14(19-12(3)18-13)17-9-7-11(2)15/h10-11H,4-9,15H2,1-3H3,(H2,16,17,18,19). The maximum absolute atomic E-state index is 5.73. The number of nitrogens with zero attached hydrogens (tertiary/aromatic N) is 2. The predicted octanol–water partition coefficient (Wildman–Crippen LogP) is 2.54. The minimum atomic E-state index is 0.210. The van der Waals surface area contributed by atoms with Crippen molar-refractivity contribution in [2.24, 2.45) is 5.73 Å². The molecular formula is C14H27N5. The first kappa shape index (κ1) is 15.7. The summed E-state index contributed by atoms with van der Waals surface area (Å²) in [5.41, 5.74) is 5.73. The number of aromatic nitrogens is 2. The van der Waals surface area contributed by atoms with Crippen molar-refractivity contribution in [2.75, 3.05) is 23.7 Å². The van der Waals surface area contributed by atoms with Crippen molar-refractivity contribution in [3.05, 3.63) is 11.9 Å². The van der Waals surface area contributed by atoms with Crippen LogP contribution in [0.1, 0.15) is 45.4 Å². The second kappa shape index (κ2) is 8.69. The third-order valence-corrected chi connectivity index (χ3v) is 2.83. The zero-order chi connectivity index (χ0) is 14.1. The fraction of sp³-hybridized carbons (Fsp3) is 0.714. The first-order chi connectivity index (χ1) is 9.11. The van der Waals surface area contributed by atoms with Crippen molar-refractivity contribution < 1.29 is 0 Å². The van der Waals surface area contributed by atoms with Gasteiger partial charge in [0.1, 0.15) is 17.5 Å². The van der Waals surface area contributed by atoms with Crippen LogP contribution in [-0.4, -0.2) is 29.1 Å². The molecule has 0 saturated heterocycles. The average molecular weight is 265 g/mol. The molecule has 4 N–H and O–H groups in total. The van der Waals surface area contributed by atoms with E-state index in [9.17, 15) is 0 Å². The van der Waals surface area contributed by atoms with E-state index in [-0.39, 0.29) is 6.04 Å². The van der Waals surface area contributed by atoms with Gasteiger partial charge in [-0.25, -0.2) is 9.97 Å². The molecule has 0 aliphatic rings. The molecule has 1 aromatic rings. The van der Waals surface area contributed by atoms with E-state index in [2.05, 4.69) is 27.5 Å². The number of unbranched alkanes of at least 4 members (excludes halogenated alkanes) is 2. The van der Waals surface area contributed by atoms with Crippen molar-refractivity contribution >= 4 is 11.6 Å². The largest absolute Gasteiger partial charge is 0.370 e. The topological polar surface area (TPSA) is 75.9 Å². The summed E-state index contributed by atoms with van der Waals surface area (Å²) in [5, 5.41) is 6.63. The fourth-order valence-corrected chi connectivity index (χ4v) is 1.77. The highest BCUT2D eigenvalue weighted by atomic mass is 15.1. The number of nitrogens with two attached hydrogens (primary N) is 1. The van der Waals surface area contributed by atoms with Gasteiger partial charge in [-0.1, -0.05) is 19.8 Å². The van der Waals surface area contributed by atoms with Crippen LogP contribution in [0.2, 0.25) is 0 Å². The van der Waals surface area contributed by atoms with Gasteiger partial charge in [0.2, 0.25) is 0 Å². The Morgan fingerprint density at radius 1 is 1.16 bits per heavy atom. The van der Waals surface area contributed by atoms with E-state index in [0.717, 1.165) is 37.0 Å². The summed E-state index contributed by atoms with van der Waals surface area (Å²) in [6, 6.07) is 2.17. The molecule has 5 nitrogen and oxygen atoms in total. The Morgan fingerprint density at radius 2 is 1.79 bits per heavy atom. The van der Waals surface area contributed by atoms with Crippen LogP contribution in [0.5, 0.6) is 0 Å². The minimum Gasteiger partial charge on any atom is -0.370 e. The maximum atomic E-state index is 5.73. The second-order valence-corrected chi connectivity index (χ2v) is 5.01. The average Bonchev–Trinajstić information content (AvgIpc) is 2.34. The van der Waals surface area contributed by atoms with E-state index < -0.39 is 0 Å². The number of hydrogen-bond donors (Lipinski definition) is 3. The fourth-order valence-electron chi connectivity index (χ4n) is 1.77. The molecule has 0 bridgehead atoms. The Balaban J connectivity index is 2.46. The molecule has 0 fully saturated rings. The Kier molecular flexibility index (Phi) is 7.18. The molecule has 5 heteroatoms. The lowest BCUT2D eigenvalue weighted by molar-refractivity contribution is 0.689. The summed E-state index contributed by atoms with van der Waals surface area (Å²) in [4.78, 5) is 8.76. The van der Waals surface area contributed by atoms with Gasteiger partial charge >= 0.3 is 0 Å². The van der Waals surface area contributed by atoms with Gasteiger partial charge in [-0.3, -0.25) is 0 Å². The van der Waals surface area contributed by atoms with Crippen molar-refractivity contribution in [1.29, 1.82) is 0 Å². The lowest BCUT2D eigenvalue weighted by Crippen LogP contribution is -2.19. The lowest BCUT2D eigenvalue weighted by Gasteiger charge is -2.11. The second-order valence-electron chi connectivity index (χ2n) is 5.01.